The standard InChI is InChI=1S/C13H9ClO4S/c14-11-8-6-10(7-9-11)13(15)18-19(16,17)12-4-2-1-3-5-12/h1-9H. The van der Waals surface area contributed by atoms with E-state index in [1.54, 1.807) is 18.2 Å². The highest BCUT2D eigenvalue weighted by Crippen LogP contribution is 2.15. The van der Waals surface area contributed by atoms with Crippen LogP contribution < -0.4 is 0 Å². The van der Waals surface area contributed by atoms with Crippen molar-refractivity contribution in [3.05, 3.63) is 65.2 Å². The summed E-state index contributed by atoms with van der Waals surface area (Å²) in [5.74, 6) is -0.944. The highest BCUT2D eigenvalue weighted by Gasteiger charge is 2.20. The van der Waals surface area contributed by atoms with Gasteiger partial charge in [0.2, 0.25) is 0 Å². The molecule has 0 saturated carbocycles. The number of carbonyl (C=O) groups is 1. The summed E-state index contributed by atoms with van der Waals surface area (Å²) in [5.41, 5.74) is 0.115. The first kappa shape index (κ1) is 13.6. The lowest BCUT2D eigenvalue weighted by atomic mass is 10.2. The van der Waals surface area contributed by atoms with E-state index in [0.717, 1.165) is 0 Å². The molecule has 0 N–H and O–H groups in total. The van der Waals surface area contributed by atoms with Crippen LogP contribution in [-0.2, 0) is 14.3 Å². The van der Waals surface area contributed by atoms with Gasteiger partial charge in [-0.15, -0.1) is 0 Å². The van der Waals surface area contributed by atoms with Crippen molar-refractivity contribution in [1.29, 1.82) is 0 Å². The molecular weight excluding hydrogens is 288 g/mol. The third-order valence-corrected chi connectivity index (χ3v) is 3.77. The van der Waals surface area contributed by atoms with Gasteiger partial charge in [-0.05, 0) is 36.4 Å². The number of carbonyl (C=O) groups excluding carboxylic acids is 1. The summed E-state index contributed by atoms with van der Waals surface area (Å²) in [6.07, 6.45) is 0. The summed E-state index contributed by atoms with van der Waals surface area (Å²) in [5, 5.41) is 0.447. The van der Waals surface area contributed by atoms with Crippen LogP contribution in [0.4, 0.5) is 0 Å². The molecule has 0 aliphatic carbocycles. The van der Waals surface area contributed by atoms with Crippen LogP contribution in [0.1, 0.15) is 10.4 Å². The molecule has 0 spiro atoms. The zero-order chi connectivity index (χ0) is 13.9. The van der Waals surface area contributed by atoms with Crippen molar-refractivity contribution >= 4 is 27.7 Å². The lowest BCUT2D eigenvalue weighted by Gasteiger charge is -2.05. The molecule has 0 radical (unpaired) electrons. The lowest BCUT2D eigenvalue weighted by molar-refractivity contribution is 0.0746. The van der Waals surface area contributed by atoms with Gasteiger partial charge in [-0.3, -0.25) is 0 Å². The van der Waals surface area contributed by atoms with Crippen molar-refractivity contribution in [3.63, 3.8) is 0 Å². The van der Waals surface area contributed by atoms with Crippen molar-refractivity contribution in [3.8, 4) is 0 Å². The minimum atomic E-state index is -4.10. The largest absolute Gasteiger partial charge is 0.354 e. The van der Waals surface area contributed by atoms with Gasteiger partial charge in [0.25, 0.3) is 0 Å². The fraction of sp³-hybridized carbons (Fsp3) is 0. The van der Waals surface area contributed by atoms with Crippen molar-refractivity contribution in [2.24, 2.45) is 0 Å². The molecule has 2 rings (SSSR count). The average Bonchev–Trinajstić information content (AvgIpc) is 2.40. The number of hydrogen-bond acceptors (Lipinski definition) is 4. The molecule has 0 atom stereocenters. The Morgan fingerprint density at radius 3 is 2.11 bits per heavy atom. The Morgan fingerprint density at radius 1 is 0.947 bits per heavy atom. The van der Waals surface area contributed by atoms with E-state index in [4.69, 9.17) is 11.6 Å². The molecule has 0 amide bonds. The molecule has 98 valence electrons. The van der Waals surface area contributed by atoms with E-state index >= 15 is 0 Å². The van der Waals surface area contributed by atoms with E-state index in [1.807, 2.05) is 0 Å². The number of benzene rings is 2. The third kappa shape index (κ3) is 3.33. The quantitative estimate of drug-likeness (QED) is 0.817. The van der Waals surface area contributed by atoms with Gasteiger partial charge in [-0.1, -0.05) is 29.8 Å². The molecular formula is C13H9ClO4S. The first-order valence-electron chi connectivity index (χ1n) is 5.28. The van der Waals surface area contributed by atoms with E-state index in [1.165, 1.54) is 36.4 Å². The minimum absolute atomic E-state index is 0.0719. The van der Waals surface area contributed by atoms with Crippen molar-refractivity contribution in [2.75, 3.05) is 0 Å². The smallest absolute Gasteiger partial charge is 0.338 e. The summed E-state index contributed by atoms with van der Waals surface area (Å²) in [4.78, 5) is 11.6. The Balaban J connectivity index is 2.22. The predicted molar refractivity (Wildman–Crippen MR) is 70.5 cm³/mol. The molecule has 0 aliphatic rings. The highest BCUT2D eigenvalue weighted by molar-refractivity contribution is 7.87. The normalized spacial score (nSPS) is 11.0. The molecule has 0 aliphatic heterocycles. The fourth-order valence-corrected chi connectivity index (χ4v) is 2.38. The Morgan fingerprint density at radius 2 is 1.53 bits per heavy atom. The van der Waals surface area contributed by atoms with Gasteiger partial charge in [-0.25, -0.2) is 4.79 Å². The minimum Gasteiger partial charge on any atom is -0.338 e. The summed E-state index contributed by atoms with van der Waals surface area (Å²) in [6.45, 7) is 0. The summed E-state index contributed by atoms with van der Waals surface area (Å²) in [7, 11) is -4.10. The SMILES string of the molecule is O=C(OS(=O)(=O)c1ccccc1)c1ccc(Cl)cc1. The van der Waals surface area contributed by atoms with Gasteiger partial charge < -0.3 is 4.18 Å². The highest BCUT2D eigenvalue weighted by atomic mass is 35.5. The Labute approximate surface area is 115 Å². The van der Waals surface area contributed by atoms with Gasteiger partial charge in [-0.2, -0.15) is 8.42 Å². The number of rotatable bonds is 3. The van der Waals surface area contributed by atoms with Crippen LogP contribution in [-0.4, -0.2) is 14.4 Å². The Bertz CT molecular complexity index is 678. The van der Waals surface area contributed by atoms with Gasteiger partial charge in [0.15, 0.2) is 0 Å². The zero-order valence-corrected chi connectivity index (χ0v) is 11.2. The first-order valence-corrected chi connectivity index (χ1v) is 7.07. The van der Waals surface area contributed by atoms with E-state index in [0.29, 0.717) is 5.02 Å². The average molecular weight is 297 g/mol. The van der Waals surface area contributed by atoms with Gasteiger partial charge in [0, 0.05) is 5.02 Å². The van der Waals surface area contributed by atoms with Gasteiger partial charge in [0.1, 0.15) is 4.90 Å². The molecule has 2 aromatic rings. The molecule has 0 aromatic heterocycles. The second kappa shape index (κ2) is 5.42. The predicted octanol–water partition coefficient (Wildman–Crippen LogP) is 2.89. The first-order chi connectivity index (χ1) is 8.99. The van der Waals surface area contributed by atoms with E-state index < -0.39 is 16.1 Å². The van der Waals surface area contributed by atoms with Crippen LogP contribution in [0.25, 0.3) is 0 Å². The molecule has 0 unspecified atom stereocenters. The topological polar surface area (TPSA) is 60.4 Å². The second-order valence-corrected chi connectivity index (χ2v) is 5.63. The lowest BCUT2D eigenvalue weighted by Crippen LogP contribution is -2.13. The Kier molecular flexibility index (Phi) is 3.87. The van der Waals surface area contributed by atoms with Gasteiger partial charge in [0.05, 0.1) is 5.56 Å². The summed E-state index contributed by atoms with van der Waals surface area (Å²) < 4.78 is 28.2. The van der Waals surface area contributed by atoms with Crippen LogP contribution >= 0.6 is 11.6 Å². The number of halogens is 1. The van der Waals surface area contributed by atoms with Crippen molar-refractivity contribution < 1.29 is 17.4 Å². The van der Waals surface area contributed by atoms with Crippen LogP contribution in [0.5, 0.6) is 0 Å². The third-order valence-electron chi connectivity index (χ3n) is 2.30. The molecule has 19 heavy (non-hydrogen) atoms. The summed E-state index contributed by atoms with van der Waals surface area (Å²) >= 11 is 5.67. The maximum Gasteiger partial charge on any atom is 0.354 e. The van der Waals surface area contributed by atoms with Crippen LogP contribution in [0.2, 0.25) is 5.02 Å². The molecule has 2 aromatic carbocycles. The van der Waals surface area contributed by atoms with E-state index in [-0.39, 0.29) is 10.5 Å². The van der Waals surface area contributed by atoms with Crippen LogP contribution in [0.15, 0.2) is 59.5 Å². The monoisotopic (exact) mass is 296 g/mol. The zero-order valence-electron chi connectivity index (χ0n) is 9.62. The fourth-order valence-electron chi connectivity index (χ4n) is 1.37. The van der Waals surface area contributed by atoms with E-state index in [9.17, 15) is 13.2 Å². The van der Waals surface area contributed by atoms with Crippen molar-refractivity contribution in [1.82, 2.24) is 0 Å². The second-order valence-electron chi connectivity index (χ2n) is 3.64. The number of hydrogen-bond donors (Lipinski definition) is 0. The molecule has 6 heteroatoms. The molecule has 0 bridgehead atoms. The molecule has 0 fully saturated rings. The van der Waals surface area contributed by atoms with Crippen LogP contribution in [0.3, 0.4) is 0 Å². The van der Waals surface area contributed by atoms with Gasteiger partial charge >= 0.3 is 16.1 Å². The summed E-state index contributed by atoms with van der Waals surface area (Å²) in [6, 6.07) is 13.2. The maximum absolute atomic E-state index is 11.8. The molecule has 0 saturated heterocycles. The van der Waals surface area contributed by atoms with E-state index in [2.05, 4.69) is 4.18 Å². The molecule has 0 heterocycles. The Hall–Kier alpha value is -1.85. The molecule has 4 nitrogen and oxygen atoms in total. The van der Waals surface area contributed by atoms with Crippen LogP contribution in [0, 0.1) is 0 Å². The van der Waals surface area contributed by atoms with Crippen molar-refractivity contribution in [2.45, 2.75) is 4.90 Å². The maximum atomic E-state index is 11.8.